The van der Waals surface area contributed by atoms with Crippen LogP contribution in [0, 0.1) is 0 Å². The Kier molecular flexibility index (Phi) is 11.0. The number of fused-ring (bicyclic) bond motifs is 4. The summed E-state index contributed by atoms with van der Waals surface area (Å²) in [6.45, 7) is 3.29. The van der Waals surface area contributed by atoms with Gasteiger partial charge in [0.15, 0.2) is 11.5 Å². The van der Waals surface area contributed by atoms with Gasteiger partial charge in [0.2, 0.25) is 11.8 Å². The molecule has 3 aliphatic rings. The number of benzene rings is 6. The van der Waals surface area contributed by atoms with E-state index in [2.05, 4.69) is 201 Å². The van der Waals surface area contributed by atoms with Gasteiger partial charge in [0.1, 0.15) is 48.6 Å². The van der Waals surface area contributed by atoms with Crippen LogP contribution in [-0.4, -0.2) is 40.3 Å². The zero-order valence-corrected chi connectivity index (χ0v) is 35.9. The topological polar surface area (TPSA) is 39.2 Å². The molecule has 6 aromatic carbocycles. The molecule has 62 heavy (non-hydrogen) atoms. The molecule has 0 unspecified atom stereocenters. The number of pyridine rings is 2. The van der Waals surface area contributed by atoms with Gasteiger partial charge in [0.25, 0.3) is 11.6 Å². The summed E-state index contributed by atoms with van der Waals surface area (Å²) in [5.41, 5.74) is 8.89. The zero-order valence-electron chi connectivity index (χ0n) is 34.4. The van der Waals surface area contributed by atoms with E-state index in [0.29, 0.717) is 0 Å². The third-order valence-electron chi connectivity index (χ3n) is 12.0. The van der Waals surface area contributed by atoms with Crippen molar-refractivity contribution in [3.63, 3.8) is 0 Å². The molecule has 11 rings (SSSR count). The van der Waals surface area contributed by atoms with Crippen LogP contribution in [0.5, 0.6) is 11.5 Å². The van der Waals surface area contributed by atoms with E-state index in [1.54, 1.807) is 0 Å². The van der Waals surface area contributed by atoms with E-state index in [0.717, 1.165) is 117 Å². The fraction of sp³-hybridized carbons (Fsp3) is 0.115. The lowest BCUT2D eigenvalue weighted by atomic mass is 10.1. The van der Waals surface area contributed by atoms with Gasteiger partial charge in [0.05, 0.1) is 11.4 Å². The Bertz CT molecular complexity index is 2800. The number of piperazine rings is 1. The summed E-state index contributed by atoms with van der Waals surface area (Å²) in [4.78, 5) is 9.35. The van der Waals surface area contributed by atoms with Crippen LogP contribution in [0.1, 0.15) is 11.1 Å². The van der Waals surface area contributed by atoms with Gasteiger partial charge in [-0.3, -0.25) is 9.80 Å². The first kappa shape index (κ1) is 40.4. The minimum absolute atomic E-state index is 0. The summed E-state index contributed by atoms with van der Waals surface area (Å²) >= 11 is 0. The second kappa shape index (κ2) is 16.8. The first-order valence-corrected chi connectivity index (χ1v) is 20.6. The Hall–Kier alpha value is -7.00. The second-order valence-corrected chi connectivity index (χ2v) is 15.5. The maximum atomic E-state index is 6.43. The van der Waals surface area contributed by atoms with Crippen molar-refractivity contribution < 1.29 is 43.4 Å². The quantitative estimate of drug-likeness (QED) is 0.239. The van der Waals surface area contributed by atoms with Gasteiger partial charge in [-0.1, -0.05) is 97.1 Å². The number of halogens is 2. The van der Waals surface area contributed by atoms with E-state index in [9.17, 15) is 0 Å². The molecule has 308 valence electrons. The Morgan fingerprint density at radius 1 is 0.435 bits per heavy atom. The highest BCUT2D eigenvalue weighted by Gasteiger charge is 2.35. The summed E-state index contributed by atoms with van der Waals surface area (Å²) in [7, 11) is 4.14. The third kappa shape index (κ3) is 7.01. The van der Waals surface area contributed by atoms with Crippen molar-refractivity contribution in [3.8, 4) is 22.9 Å². The molecule has 1 saturated heterocycles. The van der Waals surface area contributed by atoms with E-state index in [4.69, 9.17) is 9.47 Å². The summed E-state index contributed by atoms with van der Waals surface area (Å²) in [6.07, 6.45) is 4.38. The third-order valence-corrected chi connectivity index (χ3v) is 12.0. The number of hydrogen-bond donors (Lipinski definition) is 0. The highest BCUT2D eigenvalue weighted by Crippen LogP contribution is 2.40. The van der Waals surface area contributed by atoms with Gasteiger partial charge in [-0.15, -0.1) is 0 Å². The molecule has 5 heterocycles. The Labute approximate surface area is 374 Å². The van der Waals surface area contributed by atoms with E-state index in [1.807, 2.05) is 24.3 Å². The number of ether oxygens (including phenoxy) is 2. The fourth-order valence-electron chi connectivity index (χ4n) is 8.96. The van der Waals surface area contributed by atoms with Crippen LogP contribution in [0.3, 0.4) is 0 Å². The molecule has 0 atom stereocenters. The molecule has 0 radical (unpaired) electrons. The second-order valence-electron chi connectivity index (χ2n) is 15.5. The van der Waals surface area contributed by atoms with Crippen molar-refractivity contribution in [1.82, 2.24) is 0 Å². The van der Waals surface area contributed by atoms with Crippen molar-refractivity contribution in [2.45, 2.75) is 0 Å². The van der Waals surface area contributed by atoms with Gasteiger partial charge in [0, 0.05) is 49.2 Å². The molecule has 1 fully saturated rings. The van der Waals surface area contributed by atoms with E-state index in [1.165, 1.54) is 0 Å². The first-order chi connectivity index (χ1) is 29.6. The molecule has 0 amide bonds. The SMILES string of the molecule is CN1C(=Cc2cc(N3CCN(c4cc(C=C5Oc6ccccc6N5C)c5ccccc5[n+]4-c4ccccc4)CC3)[n+](-c3ccccc3)c3ccccc23)Oc2ccccc21.[Cl-].[Cl-]. The molecule has 0 spiro atoms. The van der Waals surface area contributed by atoms with Crippen molar-refractivity contribution in [3.05, 3.63) is 193 Å². The van der Waals surface area contributed by atoms with Crippen LogP contribution >= 0.6 is 0 Å². The lowest BCUT2D eigenvalue weighted by Crippen LogP contribution is -3.00. The van der Waals surface area contributed by atoms with E-state index < -0.39 is 0 Å². The molecule has 0 saturated carbocycles. The lowest BCUT2D eigenvalue weighted by molar-refractivity contribution is -0.555. The van der Waals surface area contributed by atoms with Crippen molar-refractivity contribution in [1.29, 1.82) is 0 Å². The highest BCUT2D eigenvalue weighted by molar-refractivity contribution is 5.90. The number of aromatic nitrogens is 2. The van der Waals surface area contributed by atoms with Gasteiger partial charge in [-0.25, -0.2) is 0 Å². The average Bonchev–Trinajstić information content (AvgIpc) is 3.80. The molecule has 10 heteroatoms. The minimum atomic E-state index is 0. The van der Waals surface area contributed by atoms with Crippen molar-refractivity contribution in [2.24, 2.45) is 0 Å². The van der Waals surface area contributed by atoms with Crippen LogP contribution in [0.15, 0.2) is 182 Å². The number of nitrogens with zero attached hydrogens (tertiary/aromatic N) is 6. The molecule has 8 aromatic rings. The smallest absolute Gasteiger partial charge is 0.283 e. The average molecular weight is 856 g/mol. The van der Waals surface area contributed by atoms with Gasteiger partial charge >= 0.3 is 0 Å². The Morgan fingerprint density at radius 3 is 1.19 bits per heavy atom. The highest BCUT2D eigenvalue weighted by atomic mass is 35.5. The van der Waals surface area contributed by atoms with Crippen LogP contribution in [0.25, 0.3) is 45.3 Å². The zero-order chi connectivity index (χ0) is 40.2. The fourth-order valence-corrected chi connectivity index (χ4v) is 8.96. The van der Waals surface area contributed by atoms with Crippen LogP contribution in [0.4, 0.5) is 23.0 Å². The standard InChI is InChI=1S/C52H44N6O2.2ClH/c1-53-45-25-13-15-27-47(45)59-51(53)35-37-33-49(57(39-17-5-3-6-18-39)43-23-11-9-21-41(37)43)55-29-31-56(32-30-55)50-34-38(36-52-54(2)46-26-14-16-28-48(46)60-52)42-22-10-12-24-44(42)58(50)40-19-7-4-8-20-40;;/h3-28,33-36H,29-32H2,1-2H3;2*1H/q+2;;/p-2. The maximum Gasteiger partial charge on any atom is 0.283 e. The predicted molar refractivity (Wildman–Crippen MR) is 242 cm³/mol. The Balaban J connectivity index is 0.00000245. The molecule has 8 nitrogen and oxygen atoms in total. The van der Waals surface area contributed by atoms with Crippen molar-refractivity contribution >= 4 is 57.0 Å². The Morgan fingerprint density at radius 2 is 0.790 bits per heavy atom. The monoisotopic (exact) mass is 854 g/mol. The summed E-state index contributed by atoms with van der Waals surface area (Å²) < 4.78 is 17.7. The van der Waals surface area contributed by atoms with E-state index >= 15 is 0 Å². The molecular weight excluding hydrogens is 812 g/mol. The van der Waals surface area contributed by atoms with Crippen LogP contribution in [-0.2, 0) is 0 Å². The summed E-state index contributed by atoms with van der Waals surface area (Å²) in [5, 5.41) is 2.32. The van der Waals surface area contributed by atoms with Gasteiger partial charge in [-0.2, -0.15) is 9.13 Å². The first-order valence-electron chi connectivity index (χ1n) is 20.6. The van der Waals surface area contributed by atoms with Gasteiger partial charge in [-0.05, 0) is 71.8 Å². The summed E-state index contributed by atoms with van der Waals surface area (Å²) in [6, 6.07) is 60.0. The molecule has 0 N–H and O–H groups in total. The lowest BCUT2D eigenvalue weighted by Gasteiger charge is -2.30. The van der Waals surface area contributed by atoms with Crippen LogP contribution in [0.2, 0.25) is 0 Å². The van der Waals surface area contributed by atoms with Gasteiger partial charge < -0.3 is 44.1 Å². The van der Waals surface area contributed by atoms with Crippen LogP contribution < -0.4 is 63.0 Å². The molecule has 2 aromatic heterocycles. The maximum absolute atomic E-state index is 6.43. The molecule has 3 aliphatic heterocycles. The number of hydrogen-bond acceptors (Lipinski definition) is 6. The number of anilines is 4. The number of para-hydroxylation sites is 8. The summed E-state index contributed by atoms with van der Waals surface area (Å²) in [5.74, 6) is 5.64. The molecule has 0 aliphatic carbocycles. The minimum Gasteiger partial charge on any atom is -1.00 e. The normalized spacial score (nSPS) is 15.6. The van der Waals surface area contributed by atoms with Crippen molar-refractivity contribution in [2.75, 3.05) is 59.9 Å². The molecular formula is C52H44Cl2N6O2. The largest absolute Gasteiger partial charge is 1.00 e. The van der Waals surface area contributed by atoms with E-state index in [-0.39, 0.29) is 24.8 Å². The number of rotatable bonds is 6. The predicted octanol–water partition coefficient (Wildman–Crippen LogP) is 3.54. The molecule has 0 bridgehead atoms.